The number of hydrogen-bond donors (Lipinski definition) is 2. The Labute approximate surface area is 187 Å². The molecule has 156 valence electrons. The van der Waals surface area contributed by atoms with Gasteiger partial charge in [0.2, 0.25) is 0 Å². The third-order valence-corrected chi connectivity index (χ3v) is 5.28. The lowest BCUT2D eigenvalue weighted by Gasteiger charge is -2.17. The van der Waals surface area contributed by atoms with E-state index in [0.717, 1.165) is 4.88 Å². The van der Waals surface area contributed by atoms with Gasteiger partial charge in [-0.1, -0.05) is 29.3 Å². The molecule has 0 aliphatic rings. The first-order chi connectivity index (χ1) is 14.1. The van der Waals surface area contributed by atoms with Crippen LogP contribution in [0.25, 0.3) is 16.3 Å². The Morgan fingerprint density at radius 2 is 1.83 bits per heavy atom. The Bertz CT molecular complexity index is 1120. The van der Waals surface area contributed by atoms with Gasteiger partial charge in [-0.25, -0.2) is 19.6 Å². The number of thiophene rings is 1. The standard InChI is InChI=1S/C20H18Cl2N4O3S/c1-20(2,3)29-15(27)8-7-11-9-14-17(30-11)18(24-10-23-14)26-19(28)25-16-12(21)5-4-6-13(16)22/h4-10H,1-3H3,(H2,23,24,25,26,28)/b8-7+. The lowest BCUT2D eigenvalue weighted by Crippen LogP contribution is -2.22. The van der Waals surface area contributed by atoms with Crippen molar-refractivity contribution >= 4 is 74.3 Å². The summed E-state index contributed by atoms with van der Waals surface area (Å²) in [6.45, 7) is 5.39. The predicted molar refractivity (Wildman–Crippen MR) is 121 cm³/mol. The van der Waals surface area contributed by atoms with Gasteiger partial charge in [-0.2, -0.15) is 0 Å². The van der Waals surface area contributed by atoms with Crippen LogP contribution in [0.15, 0.2) is 36.7 Å². The number of hydrogen-bond acceptors (Lipinski definition) is 6. The minimum Gasteiger partial charge on any atom is -0.457 e. The van der Waals surface area contributed by atoms with Crippen molar-refractivity contribution in [2.75, 3.05) is 10.6 Å². The van der Waals surface area contributed by atoms with E-state index in [0.29, 0.717) is 31.8 Å². The molecule has 2 heterocycles. The molecular weight excluding hydrogens is 447 g/mol. The fourth-order valence-electron chi connectivity index (χ4n) is 2.40. The van der Waals surface area contributed by atoms with Crippen molar-refractivity contribution in [3.05, 3.63) is 51.6 Å². The molecule has 0 saturated carbocycles. The minimum absolute atomic E-state index is 0.302. The summed E-state index contributed by atoms with van der Waals surface area (Å²) in [6.07, 6.45) is 4.32. The van der Waals surface area contributed by atoms with Gasteiger partial charge in [0.25, 0.3) is 0 Å². The van der Waals surface area contributed by atoms with Gasteiger partial charge in [0.15, 0.2) is 5.82 Å². The second-order valence-corrected chi connectivity index (χ2v) is 9.03. The Kier molecular flexibility index (Phi) is 6.60. The van der Waals surface area contributed by atoms with E-state index < -0.39 is 17.6 Å². The molecule has 0 bridgehead atoms. The SMILES string of the molecule is CC(C)(C)OC(=O)/C=C/c1cc2ncnc(NC(=O)Nc3c(Cl)cccc3Cl)c2s1. The number of amides is 2. The van der Waals surface area contributed by atoms with Gasteiger partial charge in [0.05, 0.1) is 25.9 Å². The molecule has 7 nitrogen and oxygen atoms in total. The molecule has 0 fully saturated rings. The predicted octanol–water partition coefficient (Wildman–Crippen LogP) is 6.00. The third-order valence-electron chi connectivity index (χ3n) is 3.55. The second-order valence-electron chi connectivity index (χ2n) is 7.13. The number of halogens is 2. The van der Waals surface area contributed by atoms with Gasteiger partial charge in [0.1, 0.15) is 11.9 Å². The topological polar surface area (TPSA) is 93.2 Å². The van der Waals surface area contributed by atoms with Crippen LogP contribution in [-0.4, -0.2) is 27.6 Å². The highest BCUT2D eigenvalue weighted by atomic mass is 35.5. The van der Waals surface area contributed by atoms with Gasteiger partial charge in [-0.05, 0) is 45.0 Å². The number of para-hydroxylation sites is 1. The van der Waals surface area contributed by atoms with Crippen molar-refractivity contribution < 1.29 is 14.3 Å². The Hall–Kier alpha value is -2.68. The molecule has 30 heavy (non-hydrogen) atoms. The van der Waals surface area contributed by atoms with E-state index in [9.17, 15) is 9.59 Å². The number of aromatic nitrogens is 2. The molecule has 3 rings (SSSR count). The molecule has 2 amide bonds. The summed E-state index contributed by atoms with van der Waals surface area (Å²) in [6, 6.07) is 6.16. The van der Waals surface area contributed by atoms with Crippen LogP contribution < -0.4 is 10.6 Å². The van der Waals surface area contributed by atoms with E-state index in [2.05, 4.69) is 20.6 Å². The first kappa shape index (κ1) is 22.0. The molecule has 0 aliphatic carbocycles. The molecule has 0 unspecified atom stereocenters. The van der Waals surface area contributed by atoms with Gasteiger partial charge >= 0.3 is 12.0 Å². The zero-order valence-corrected chi connectivity index (χ0v) is 18.7. The maximum absolute atomic E-state index is 12.4. The zero-order valence-electron chi connectivity index (χ0n) is 16.3. The number of anilines is 2. The number of ether oxygens (including phenoxy) is 1. The summed E-state index contributed by atoms with van der Waals surface area (Å²) in [5, 5.41) is 5.92. The highest BCUT2D eigenvalue weighted by Crippen LogP contribution is 2.32. The van der Waals surface area contributed by atoms with E-state index in [4.69, 9.17) is 27.9 Å². The maximum atomic E-state index is 12.4. The number of esters is 1. The van der Waals surface area contributed by atoms with Gasteiger partial charge < -0.3 is 10.1 Å². The van der Waals surface area contributed by atoms with Gasteiger partial charge in [-0.3, -0.25) is 5.32 Å². The van der Waals surface area contributed by atoms with Gasteiger partial charge in [0, 0.05) is 11.0 Å². The van der Waals surface area contributed by atoms with Crippen LogP contribution >= 0.6 is 34.5 Å². The first-order valence-electron chi connectivity index (χ1n) is 8.80. The van der Waals surface area contributed by atoms with Crippen molar-refractivity contribution in [3.8, 4) is 0 Å². The number of nitrogens with zero attached hydrogens (tertiary/aromatic N) is 2. The van der Waals surface area contributed by atoms with Crippen molar-refractivity contribution in [2.45, 2.75) is 26.4 Å². The van der Waals surface area contributed by atoms with Crippen molar-refractivity contribution in [2.24, 2.45) is 0 Å². The second kappa shape index (κ2) is 8.99. The van der Waals surface area contributed by atoms with Crippen LogP contribution in [0.1, 0.15) is 25.6 Å². The lowest BCUT2D eigenvalue weighted by molar-refractivity contribution is -0.148. The largest absolute Gasteiger partial charge is 0.457 e. The maximum Gasteiger partial charge on any atom is 0.331 e. The minimum atomic E-state index is -0.567. The van der Waals surface area contributed by atoms with E-state index in [1.165, 1.54) is 23.7 Å². The van der Waals surface area contributed by atoms with Crippen molar-refractivity contribution in [1.82, 2.24) is 9.97 Å². The van der Waals surface area contributed by atoms with E-state index in [1.807, 2.05) is 0 Å². The Morgan fingerprint density at radius 3 is 2.50 bits per heavy atom. The molecule has 1 aromatic carbocycles. The third kappa shape index (κ3) is 5.69. The van der Waals surface area contributed by atoms with Crippen LogP contribution in [0.2, 0.25) is 10.0 Å². The van der Waals surface area contributed by atoms with Crippen LogP contribution in [0, 0.1) is 0 Å². The monoisotopic (exact) mass is 464 g/mol. The number of carbonyl (C=O) groups is 2. The molecule has 0 spiro atoms. The molecule has 0 radical (unpaired) electrons. The summed E-state index contributed by atoms with van der Waals surface area (Å²) < 4.78 is 5.90. The fourth-order valence-corrected chi connectivity index (χ4v) is 3.85. The zero-order chi connectivity index (χ0) is 21.9. The summed E-state index contributed by atoms with van der Waals surface area (Å²) in [5.41, 5.74) is 0.364. The molecule has 0 saturated heterocycles. The fraction of sp³-hybridized carbons (Fsp3) is 0.200. The average Bonchev–Trinajstić information content (AvgIpc) is 3.06. The molecule has 0 atom stereocenters. The van der Waals surface area contributed by atoms with Crippen molar-refractivity contribution in [3.63, 3.8) is 0 Å². The number of nitrogens with one attached hydrogen (secondary N) is 2. The van der Waals surface area contributed by atoms with Crippen LogP contribution in [-0.2, 0) is 9.53 Å². The number of carbonyl (C=O) groups excluding carboxylic acids is 2. The summed E-state index contributed by atoms with van der Waals surface area (Å²) in [4.78, 5) is 33.4. The normalized spacial score (nSPS) is 11.6. The quantitative estimate of drug-likeness (QED) is 0.364. The lowest BCUT2D eigenvalue weighted by atomic mass is 10.2. The smallest absolute Gasteiger partial charge is 0.331 e. The number of benzene rings is 1. The van der Waals surface area contributed by atoms with Crippen LogP contribution in [0.5, 0.6) is 0 Å². The average molecular weight is 465 g/mol. The van der Waals surface area contributed by atoms with E-state index in [1.54, 1.807) is 51.1 Å². The van der Waals surface area contributed by atoms with E-state index in [-0.39, 0.29) is 0 Å². The van der Waals surface area contributed by atoms with Gasteiger partial charge in [-0.15, -0.1) is 11.3 Å². The van der Waals surface area contributed by atoms with Crippen LogP contribution in [0.4, 0.5) is 16.3 Å². The molecule has 2 aromatic heterocycles. The summed E-state index contributed by atoms with van der Waals surface area (Å²) in [7, 11) is 0. The number of rotatable bonds is 4. The Balaban J connectivity index is 1.77. The molecule has 0 aliphatic heterocycles. The number of urea groups is 1. The molecule has 2 N–H and O–H groups in total. The molecule has 3 aromatic rings. The first-order valence-corrected chi connectivity index (χ1v) is 10.4. The highest BCUT2D eigenvalue weighted by molar-refractivity contribution is 7.20. The van der Waals surface area contributed by atoms with Crippen LogP contribution in [0.3, 0.4) is 0 Å². The Morgan fingerprint density at radius 1 is 1.13 bits per heavy atom. The summed E-state index contributed by atoms with van der Waals surface area (Å²) >= 11 is 13.5. The van der Waals surface area contributed by atoms with E-state index >= 15 is 0 Å². The number of fused-ring (bicyclic) bond motifs is 1. The molecule has 10 heteroatoms. The highest BCUT2D eigenvalue weighted by Gasteiger charge is 2.15. The summed E-state index contributed by atoms with van der Waals surface area (Å²) in [5.74, 6) is -0.122. The molecular formula is C20H18Cl2N4O3S. The van der Waals surface area contributed by atoms with Crippen molar-refractivity contribution in [1.29, 1.82) is 0 Å².